The number of anilines is 1. The molecule has 1 saturated heterocycles. The van der Waals surface area contributed by atoms with Crippen LogP contribution in [0.25, 0.3) is 0 Å². The first kappa shape index (κ1) is 9.48. The van der Waals surface area contributed by atoms with Crippen LogP contribution in [0.4, 0.5) is 10.5 Å². The van der Waals surface area contributed by atoms with Crippen LogP contribution in [0.15, 0.2) is 24.3 Å². The maximum Gasteiger partial charge on any atom is 0.412 e. The lowest BCUT2D eigenvalue weighted by Gasteiger charge is -2.41. The minimum Gasteiger partial charge on any atom is -0.437 e. The number of ether oxygens (including phenoxy) is 1. The van der Waals surface area contributed by atoms with E-state index in [-0.39, 0.29) is 11.7 Å². The van der Waals surface area contributed by atoms with Crippen molar-refractivity contribution in [1.82, 2.24) is 5.32 Å². The van der Waals surface area contributed by atoms with Crippen LogP contribution in [0.1, 0.15) is 18.4 Å². The summed E-state index contributed by atoms with van der Waals surface area (Å²) in [6, 6.07) is 8.50. The Balaban J connectivity index is 1.89. The van der Waals surface area contributed by atoms with Gasteiger partial charge in [-0.3, -0.25) is 5.32 Å². The Labute approximate surface area is 99.3 Å². The molecule has 4 nitrogen and oxygen atoms in total. The summed E-state index contributed by atoms with van der Waals surface area (Å²) in [4.78, 5) is 11.7. The van der Waals surface area contributed by atoms with E-state index >= 15 is 0 Å². The fourth-order valence-corrected chi connectivity index (χ4v) is 3.63. The van der Waals surface area contributed by atoms with Gasteiger partial charge in [-0.05, 0) is 12.5 Å². The van der Waals surface area contributed by atoms with Crippen molar-refractivity contribution in [2.75, 3.05) is 11.9 Å². The minimum absolute atomic E-state index is 0.309. The van der Waals surface area contributed by atoms with E-state index in [1.54, 1.807) is 0 Å². The van der Waals surface area contributed by atoms with E-state index in [9.17, 15) is 4.79 Å². The van der Waals surface area contributed by atoms with Gasteiger partial charge >= 0.3 is 6.09 Å². The average Bonchev–Trinajstić information content (AvgIpc) is 2.89. The lowest BCUT2D eigenvalue weighted by Crippen LogP contribution is -2.48. The SMILES string of the molecule is O=C1Nc2ccccc2C2(CC3CC2CN3)O1. The Morgan fingerprint density at radius 2 is 2.24 bits per heavy atom. The molecule has 2 fully saturated rings. The first-order valence-electron chi connectivity index (χ1n) is 6.11. The number of benzene rings is 1. The van der Waals surface area contributed by atoms with E-state index in [2.05, 4.69) is 16.7 Å². The molecular formula is C13H14N2O2. The van der Waals surface area contributed by atoms with Crippen LogP contribution in [-0.4, -0.2) is 18.7 Å². The summed E-state index contributed by atoms with van der Waals surface area (Å²) in [6.07, 6.45) is 1.71. The lowest BCUT2D eigenvalue weighted by molar-refractivity contribution is -0.0274. The standard InChI is InChI=1S/C13H14N2O2/c16-12-15-11-4-2-1-3-10(11)13(17-12)6-9-5-8(13)7-14-9/h1-4,8-9,14H,5-7H2,(H,15,16). The van der Waals surface area contributed by atoms with Gasteiger partial charge in [0.2, 0.25) is 0 Å². The van der Waals surface area contributed by atoms with Crippen molar-refractivity contribution in [3.8, 4) is 0 Å². The quantitative estimate of drug-likeness (QED) is 0.715. The average molecular weight is 230 g/mol. The van der Waals surface area contributed by atoms with Gasteiger partial charge in [0.15, 0.2) is 0 Å². The highest BCUT2D eigenvalue weighted by Crippen LogP contribution is 2.53. The van der Waals surface area contributed by atoms with Gasteiger partial charge in [-0.1, -0.05) is 18.2 Å². The second-order valence-electron chi connectivity index (χ2n) is 5.19. The van der Waals surface area contributed by atoms with Crippen LogP contribution < -0.4 is 10.6 Å². The fourth-order valence-electron chi connectivity index (χ4n) is 3.63. The number of carbonyl (C=O) groups is 1. The molecule has 3 atom stereocenters. The van der Waals surface area contributed by atoms with Crippen molar-refractivity contribution in [2.24, 2.45) is 5.92 Å². The Hall–Kier alpha value is -1.55. The van der Waals surface area contributed by atoms with Crippen molar-refractivity contribution in [1.29, 1.82) is 0 Å². The molecule has 0 radical (unpaired) electrons. The van der Waals surface area contributed by atoms with Gasteiger partial charge in [-0.2, -0.15) is 0 Å². The third kappa shape index (κ3) is 1.13. The molecule has 2 heterocycles. The summed E-state index contributed by atoms with van der Waals surface area (Å²) < 4.78 is 5.71. The molecule has 1 aliphatic carbocycles. The zero-order valence-corrected chi connectivity index (χ0v) is 9.40. The van der Waals surface area contributed by atoms with Gasteiger partial charge in [0.25, 0.3) is 0 Å². The molecule has 1 aromatic rings. The van der Waals surface area contributed by atoms with Gasteiger partial charge in [-0.25, -0.2) is 4.79 Å². The predicted octanol–water partition coefficient (Wildman–Crippen LogP) is 1.83. The number of amides is 1. The molecule has 3 unspecified atom stereocenters. The number of carbonyl (C=O) groups excluding carboxylic acids is 1. The molecule has 88 valence electrons. The molecule has 17 heavy (non-hydrogen) atoms. The second-order valence-corrected chi connectivity index (χ2v) is 5.19. The molecule has 2 aliphatic heterocycles. The van der Waals surface area contributed by atoms with Crippen molar-refractivity contribution in [3.05, 3.63) is 29.8 Å². The molecule has 1 amide bonds. The van der Waals surface area contributed by atoms with Crippen LogP contribution in [0.5, 0.6) is 0 Å². The number of piperidine rings is 1. The molecule has 4 heteroatoms. The summed E-state index contributed by atoms with van der Waals surface area (Å²) >= 11 is 0. The Bertz CT molecular complexity index is 502. The summed E-state index contributed by atoms with van der Waals surface area (Å²) in [5.74, 6) is 0.416. The smallest absolute Gasteiger partial charge is 0.412 e. The van der Waals surface area contributed by atoms with E-state index in [0.717, 1.165) is 30.6 Å². The fraction of sp³-hybridized carbons (Fsp3) is 0.462. The minimum atomic E-state index is -0.380. The summed E-state index contributed by atoms with van der Waals surface area (Å²) in [6.45, 7) is 0.951. The van der Waals surface area contributed by atoms with Crippen molar-refractivity contribution in [3.63, 3.8) is 0 Å². The molecule has 1 aromatic carbocycles. The van der Waals surface area contributed by atoms with Crippen LogP contribution >= 0.6 is 0 Å². The largest absolute Gasteiger partial charge is 0.437 e. The lowest BCUT2D eigenvalue weighted by atomic mass is 9.81. The van der Waals surface area contributed by atoms with E-state index in [1.807, 2.05) is 18.2 Å². The Morgan fingerprint density at radius 1 is 1.35 bits per heavy atom. The van der Waals surface area contributed by atoms with Crippen LogP contribution in [-0.2, 0) is 10.3 Å². The normalized spacial score (nSPS) is 37.8. The maximum absolute atomic E-state index is 11.7. The summed E-state index contributed by atoms with van der Waals surface area (Å²) in [5.41, 5.74) is 1.68. The van der Waals surface area contributed by atoms with Gasteiger partial charge < -0.3 is 10.1 Å². The molecule has 2 N–H and O–H groups in total. The highest BCUT2D eigenvalue weighted by molar-refractivity contribution is 5.89. The predicted molar refractivity (Wildman–Crippen MR) is 62.7 cm³/mol. The molecular weight excluding hydrogens is 216 g/mol. The topological polar surface area (TPSA) is 50.4 Å². The summed E-state index contributed by atoms with van der Waals surface area (Å²) in [5, 5.41) is 6.25. The van der Waals surface area contributed by atoms with Crippen LogP contribution in [0.3, 0.4) is 0 Å². The number of fused-ring (bicyclic) bond motifs is 5. The number of nitrogens with one attached hydrogen (secondary N) is 2. The number of rotatable bonds is 0. The van der Waals surface area contributed by atoms with Gasteiger partial charge in [0.05, 0.1) is 5.69 Å². The molecule has 1 saturated carbocycles. The third-order valence-corrected chi connectivity index (χ3v) is 4.33. The molecule has 1 spiro atoms. The monoisotopic (exact) mass is 230 g/mol. The van der Waals surface area contributed by atoms with E-state index in [0.29, 0.717) is 12.0 Å². The third-order valence-electron chi connectivity index (χ3n) is 4.33. The molecule has 0 aromatic heterocycles. The van der Waals surface area contributed by atoms with Gasteiger partial charge in [-0.15, -0.1) is 0 Å². The van der Waals surface area contributed by atoms with E-state index in [4.69, 9.17) is 4.74 Å². The molecule has 2 bridgehead atoms. The zero-order valence-electron chi connectivity index (χ0n) is 9.40. The van der Waals surface area contributed by atoms with Gasteiger partial charge in [0, 0.05) is 30.5 Å². The number of para-hydroxylation sites is 1. The number of hydrogen-bond donors (Lipinski definition) is 2. The first-order chi connectivity index (χ1) is 8.28. The highest BCUT2D eigenvalue weighted by atomic mass is 16.6. The first-order valence-corrected chi connectivity index (χ1v) is 6.11. The van der Waals surface area contributed by atoms with Crippen LogP contribution in [0.2, 0.25) is 0 Å². The zero-order chi connectivity index (χ0) is 11.5. The summed E-state index contributed by atoms with van der Waals surface area (Å²) in [7, 11) is 0. The number of hydrogen-bond acceptors (Lipinski definition) is 3. The Kier molecular flexibility index (Phi) is 1.68. The van der Waals surface area contributed by atoms with Crippen LogP contribution in [0, 0.1) is 5.92 Å². The maximum atomic E-state index is 11.7. The Morgan fingerprint density at radius 3 is 3.00 bits per heavy atom. The molecule has 3 aliphatic rings. The van der Waals surface area contributed by atoms with E-state index in [1.165, 1.54) is 0 Å². The van der Waals surface area contributed by atoms with E-state index < -0.39 is 0 Å². The van der Waals surface area contributed by atoms with Crippen molar-refractivity contribution >= 4 is 11.8 Å². The molecule has 4 rings (SSSR count). The van der Waals surface area contributed by atoms with Crippen molar-refractivity contribution in [2.45, 2.75) is 24.5 Å². The van der Waals surface area contributed by atoms with Gasteiger partial charge in [0.1, 0.15) is 5.60 Å². The van der Waals surface area contributed by atoms with Crippen molar-refractivity contribution < 1.29 is 9.53 Å². The second kappa shape index (κ2) is 3.01. The highest BCUT2D eigenvalue weighted by Gasteiger charge is 2.57.